The highest BCUT2D eigenvalue weighted by Gasteiger charge is 2.15. The van der Waals surface area contributed by atoms with Gasteiger partial charge in [0.05, 0.1) is 4.90 Å². The topological polar surface area (TPSA) is 75.3 Å². The zero-order chi connectivity index (χ0) is 19.4. The minimum absolute atomic E-state index is 0.162. The Labute approximate surface area is 159 Å². The van der Waals surface area contributed by atoms with Crippen LogP contribution in [-0.2, 0) is 10.0 Å². The van der Waals surface area contributed by atoms with Crippen molar-refractivity contribution in [2.75, 3.05) is 10.0 Å². The van der Waals surface area contributed by atoms with Gasteiger partial charge in [-0.05, 0) is 61.4 Å². The second-order valence-corrected chi connectivity index (χ2v) is 7.95. The molecule has 0 spiro atoms. The Morgan fingerprint density at radius 3 is 2.33 bits per heavy atom. The van der Waals surface area contributed by atoms with E-state index in [-0.39, 0.29) is 10.8 Å². The SMILES string of the molecule is Cc1ccc(C)c(NC(=O)c2cccc(NS(=O)(=O)c3ccccc3)c2)c1. The van der Waals surface area contributed by atoms with Crippen LogP contribution in [0.3, 0.4) is 0 Å². The maximum Gasteiger partial charge on any atom is 0.261 e. The Morgan fingerprint density at radius 1 is 0.852 bits per heavy atom. The molecule has 0 saturated carbocycles. The summed E-state index contributed by atoms with van der Waals surface area (Å²) in [6, 6.07) is 20.3. The third kappa shape index (κ3) is 4.54. The molecule has 3 rings (SSSR count). The average Bonchev–Trinajstić information content (AvgIpc) is 2.65. The molecule has 6 heteroatoms. The molecule has 1 amide bonds. The predicted molar refractivity (Wildman–Crippen MR) is 108 cm³/mol. The summed E-state index contributed by atoms with van der Waals surface area (Å²) in [5, 5.41) is 2.87. The highest BCUT2D eigenvalue weighted by molar-refractivity contribution is 7.92. The first-order valence-electron chi connectivity index (χ1n) is 8.42. The van der Waals surface area contributed by atoms with Crippen molar-refractivity contribution < 1.29 is 13.2 Å². The summed E-state index contributed by atoms with van der Waals surface area (Å²) in [5.74, 6) is -0.301. The van der Waals surface area contributed by atoms with Gasteiger partial charge in [0.25, 0.3) is 15.9 Å². The number of aryl methyl sites for hydroxylation is 2. The molecule has 0 unspecified atom stereocenters. The van der Waals surface area contributed by atoms with Crippen LogP contribution in [0.5, 0.6) is 0 Å². The standard InChI is InChI=1S/C21H20N2O3S/c1-15-11-12-16(2)20(13-15)22-21(24)17-7-6-8-18(14-17)23-27(25,26)19-9-4-3-5-10-19/h3-14,23H,1-2H3,(H,22,24). The van der Waals surface area contributed by atoms with Gasteiger partial charge in [0.15, 0.2) is 0 Å². The van der Waals surface area contributed by atoms with Crippen molar-refractivity contribution in [1.29, 1.82) is 0 Å². The fourth-order valence-corrected chi connectivity index (χ4v) is 3.67. The molecule has 3 aromatic carbocycles. The summed E-state index contributed by atoms with van der Waals surface area (Å²) in [5.41, 5.74) is 3.42. The number of hydrogen-bond acceptors (Lipinski definition) is 3. The summed E-state index contributed by atoms with van der Waals surface area (Å²) in [4.78, 5) is 12.7. The molecule has 0 heterocycles. The van der Waals surface area contributed by atoms with E-state index in [1.165, 1.54) is 18.2 Å². The number of benzene rings is 3. The highest BCUT2D eigenvalue weighted by atomic mass is 32.2. The smallest absolute Gasteiger partial charge is 0.261 e. The fourth-order valence-electron chi connectivity index (χ4n) is 2.60. The number of nitrogens with one attached hydrogen (secondary N) is 2. The van der Waals surface area contributed by atoms with E-state index in [2.05, 4.69) is 10.0 Å². The maximum atomic E-state index is 12.6. The molecule has 0 saturated heterocycles. The molecule has 0 aliphatic carbocycles. The van der Waals surface area contributed by atoms with E-state index in [4.69, 9.17) is 0 Å². The van der Waals surface area contributed by atoms with E-state index >= 15 is 0 Å². The number of amides is 1. The van der Waals surface area contributed by atoms with Gasteiger partial charge in [0, 0.05) is 16.9 Å². The second kappa shape index (κ2) is 7.63. The largest absolute Gasteiger partial charge is 0.322 e. The van der Waals surface area contributed by atoms with Crippen molar-refractivity contribution in [3.8, 4) is 0 Å². The van der Waals surface area contributed by atoms with Crippen molar-refractivity contribution >= 4 is 27.3 Å². The summed E-state index contributed by atoms with van der Waals surface area (Å²) in [6.45, 7) is 3.87. The van der Waals surface area contributed by atoms with Crippen LogP contribution < -0.4 is 10.0 Å². The van der Waals surface area contributed by atoms with Gasteiger partial charge in [-0.1, -0.05) is 36.4 Å². The normalized spacial score (nSPS) is 11.0. The second-order valence-electron chi connectivity index (χ2n) is 6.27. The Hall–Kier alpha value is -3.12. The number of rotatable bonds is 5. The quantitative estimate of drug-likeness (QED) is 0.691. The predicted octanol–water partition coefficient (Wildman–Crippen LogP) is 4.36. The van der Waals surface area contributed by atoms with Gasteiger partial charge in [-0.3, -0.25) is 9.52 Å². The summed E-state index contributed by atoms with van der Waals surface area (Å²) < 4.78 is 27.4. The van der Waals surface area contributed by atoms with Gasteiger partial charge < -0.3 is 5.32 Å². The molecular weight excluding hydrogens is 360 g/mol. The molecule has 138 valence electrons. The van der Waals surface area contributed by atoms with Gasteiger partial charge in [0.2, 0.25) is 0 Å². The van der Waals surface area contributed by atoms with Gasteiger partial charge >= 0.3 is 0 Å². The molecule has 3 aromatic rings. The minimum atomic E-state index is -3.71. The van der Waals surface area contributed by atoms with Crippen molar-refractivity contribution in [3.05, 3.63) is 89.5 Å². The number of carbonyl (C=O) groups is 1. The number of hydrogen-bond donors (Lipinski definition) is 2. The van der Waals surface area contributed by atoms with E-state index in [1.54, 1.807) is 36.4 Å². The van der Waals surface area contributed by atoms with Crippen molar-refractivity contribution in [2.45, 2.75) is 18.7 Å². The van der Waals surface area contributed by atoms with E-state index < -0.39 is 10.0 Å². The molecule has 27 heavy (non-hydrogen) atoms. The molecule has 5 nitrogen and oxygen atoms in total. The Morgan fingerprint density at radius 2 is 1.59 bits per heavy atom. The summed E-state index contributed by atoms with van der Waals surface area (Å²) >= 11 is 0. The van der Waals surface area contributed by atoms with Crippen molar-refractivity contribution in [1.82, 2.24) is 0 Å². The van der Waals surface area contributed by atoms with E-state index in [1.807, 2.05) is 32.0 Å². The fraction of sp³-hybridized carbons (Fsp3) is 0.0952. The molecule has 0 aliphatic rings. The van der Waals surface area contributed by atoms with E-state index in [0.29, 0.717) is 11.3 Å². The van der Waals surface area contributed by atoms with Gasteiger partial charge in [-0.25, -0.2) is 8.42 Å². The van der Waals surface area contributed by atoms with Gasteiger partial charge in [-0.2, -0.15) is 0 Å². The van der Waals surface area contributed by atoms with E-state index in [0.717, 1.165) is 16.8 Å². The van der Waals surface area contributed by atoms with Gasteiger partial charge in [-0.15, -0.1) is 0 Å². The Kier molecular flexibility index (Phi) is 5.28. The third-order valence-corrected chi connectivity index (χ3v) is 5.47. The van der Waals surface area contributed by atoms with Crippen LogP contribution in [0.25, 0.3) is 0 Å². The first-order chi connectivity index (χ1) is 12.8. The highest BCUT2D eigenvalue weighted by Crippen LogP contribution is 2.20. The van der Waals surface area contributed by atoms with Crippen LogP contribution in [0.4, 0.5) is 11.4 Å². The zero-order valence-electron chi connectivity index (χ0n) is 15.1. The lowest BCUT2D eigenvalue weighted by Crippen LogP contribution is -2.15. The monoisotopic (exact) mass is 380 g/mol. The molecule has 2 N–H and O–H groups in total. The maximum absolute atomic E-state index is 12.6. The number of sulfonamides is 1. The minimum Gasteiger partial charge on any atom is -0.322 e. The summed E-state index contributed by atoms with van der Waals surface area (Å²) in [7, 11) is -3.71. The molecule has 0 bridgehead atoms. The molecular formula is C21H20N2O3S. The lowest BCUT2D eigenvalue weighted by Gasteiger charge is -2.11. The van der Waals surface area contributed by atoms with Crippen LogP contribution >= 0.6 is 0 Å². The average molecular weight is 380 g/mol. The van der Waals surface area contributed by atoms with Crippen molar-refractivity contribution in [2.24, 2.45) is 0 Å². The number of anilines is 2. The molecule has 0 aromatic heterocycles. The van der Waals surface area contributed by atoms with Crippen molar-refractivity contribution in [3.63, 3.8) is 0 Å². The first-order valence-corrected chi connectivity index (χ1v) is 9.90. The number of carbonyl (C=O) groups excluding carboxylic acids is 1. The Balaban J connectivity index is 1.81. The van der Waals surface area contributed by atoms with Crippen LogP contribution in [0.2, 0.25) is 0 Å². The molecule has 0 fully saturated rings. The van der Waals surface area contributed by atoms with Crippen LogP contribution in [-0.4, -0.2) is 14.3 Å². The van der Waals surface area contributed by atoms with Crippen LogP contribution in [0.15, 0.2) is 77.7 Å². The van der Waals surface area contributed by atoms with E-state index in [9.17, 15) is 13.2 Å². The molecule has 0 atom stereocenters. The lowest BCUT2D eigenvalue weighted by atomic mass is 10.1. The van der Waals surface area contributed by atoms with Crippen LogP contribution in [0.1, 0.15) is 21.5 Å². The van der Waals surface area contributed by atoms with Crippen LogP contribution in [0, 0.1) is 13.8 Å². The first kappa shape index (κ1) is 18.7. The third-order valence-electron chi connectivity index (χ3n) is 4.07. The zero-order valence-corrected chi connectivity index (χ0v) is 15.9. The molecule has 0 aliphatic heterocycles. The summed E-state index contributed by atoms with van der Waals surface area (Å²) in [6.07, 6.45) is 0. The molecule has 0 radical (unpaired) electrons. The Bertz CT molecular complexity index is 1080. The lowest BCUT2D eigenvalue weighted by molar-refractivity contribution is 0.102. The van der Waals surface area contributed by atoms with Gasteiger partial charge in [0.1, 0.15) is 0 Å².